The van der Waals surface area contributed by atoms with E-state index in [1.54, 1.807) is 0 Å². The molecule has 0 saturated heterocycles. The lowest BCUT2D eigenvalue weighted by molar-refractivity contribution is -0.140. The molecule has 0 unspecified atom stereocenters. The van der Waals surface area contributed by atoms with E-state index in [0.717, 1.165) is 6.07 Å². The summed E-state index contributed by atoms with van der Waals surface area (Å²) in [4.78, 5) is 0. The number of nitrogen functional groups attached to an aromatic ring is 1. The van der Waals surface area contributed by atoms with Gasteiger partial charge in [0.25, 0.3) is 0 Å². The van der Waals surface area contributed by atoms with Gasteiger partial charge in [0.05, 0.1) is 0 Å². The summed E-state index contributed by atoms with van der Waals surface area (Å²) in [6.07, 6.45) is -4.71. The molecule has 0 fully saturated rings. The monoisotopic (exact) mass is 257 g/mol. The van der Waals surface area contributed by atoms with Gasteiger partial charge in [-0.3, -0.25) is 0 Å². The lowest BCUT2D eigenvalue weighted by atomic mass is 10.2. The van der Waals surface area contributed by atoms with Crippen LogP contribution < -0.4 is 5.73 Å². The van der Waals surface area contributed by atoms with Crippen molar-refractivity contribution in [3.05, 3.63) is 28.0 Å². The average molecular weight is 258 g/mol. The summed E-state index contributed by atoms with van der Waals surface area (Å²) in [7, 11) is 0. The van der Waals surface area contributed by atoms with Crippen LogP contribution in [0.15, 0.2) is 16.6 Å². The predicted octanol–water partition coefficient (Wildman–Crippen LogP) is 3.19. The predicted molar refractivity (Wildman–Crippen MR) is 43.5 cm³/mol. The van der Waals surface area contributed by atoms with Gasteiger partial charge in [-0.1, -0.05) is 0 Å². The molecule has 2 N–H and O–H groups in total. The fourth-order valence-electron chi connectivity index (χ4n) is 0.864. The van der Waals surface area contributed by atoms with Crippen LogP contribution in [0.25, 0.3) is 0 Å². The van der Waals surface area contributed by atoms with Crippen LogP contribution in [0, 0.1) is 5.82 Å². The van der Waals surface area contributed by atoms with Gasteiger partial charge in [0.2, 0.25) is 0 Å². The molecule has 0 aliphatic carbocycles. The van der Waals surface area contributed by atoms with Crippen molar-refractivity contribution in [1.82, 2.24) is 0 Å². The maximum atomic E-state index is 12.8. The van der Waals surface area contributed by atoms with Crippen LogP contribution in [0.1, 0.15) is 5.56 Å². The molecule has 1 rings (SSSR count). The average Bonchev–Trinajstić information content (AvgIpc) is 1.78. The van der Waals surface area contributed by atoms with Crippen LogP contribution in [-0.2, 0) is 6.18 Å². The third kappa shape index (κ3) is 2.12. The Morgan fingerprint density at radius 3 is 2.15 bits per heavy atom. The number of hydrogen-bond donors (Lipinski definition) is 1. The molecule has 0 bridgehead atoms. The second-order valence-corrected chi connectivity index (χ2v) is 3.21. The number of halogens is 5. The number of alkyl halides is 3. The van der Waals surface area contributed by atoms with Gasteiger partial charge in [0, 0.05) is 10.2 Å². The summed E-state index contributed by atoms with van der Waals surface area (Å²) >= 11 is 2.59. The van der Waals surface area contributed by atoms with E-state index >= 15 is 0 Å². The van der Waals surface area contributed by atoms with Crippen molar-refractivity contribution in [2.45, 2.75) is 6.18 Å². The van der Waals surface area contributed by atoms with Crippen LogP contribution in [0.2, 0.25) is 0 Å². The highest BCUT2D eigenvalue weighted by atomic mass is 79.9. The van der Waals surface area contributed by atoms with E-state index in [9.17, 15) is 17.6 Å². The highest BCUT2D eigenvalue weighted by Crippen LogP contribution is 2.37. The topological polar surface area (TPSA) is 26.0 Å². The summed E-state index contributed by atoms with van der Waals surface area (Å²) in [5, 5.41) is 0. The molecule has 0 heterocycles. The zero-order valence-corrected chi connectivity index (χ0v) is 7.71. The Balaban J connectivity index is 3.38. The Morgan fingerprint density at radius 1 is 1.23 bits per heavy atom. The molecule has 0 amide bonds. The lowest BCUT2D eigenvalue weighted by Crippen LogP contribution is -2.09. The highest BCUT2D eigenvalue weighted by Gasteiger charge is 2.36. The number of nitrogens with two attached hydrogens (primary N) is 1. The Morgan fingerprint density at radius 2 is 1.77 bits per heavy atom. The molecule has 72 valence electrons. The van der Waals surface area contributed by atoms with E-state index in [2.05, 4.69) is 15.9 Å². The Kier molecular flexibility index (Phi) is 2.51. The van der Waals surface area contributed by atoms with Crippen molar-refractivity contribution >= 4 is 21.6 Å². The number of anilines is 1. The lowest BCUT2D eigenvalue weighted by Gasteiger charge is -2.10. The molecular formula is C7H4BrF4N. The Bertz CT molecular complexity index is 311. The first-order valence-corrected chi connectivity index (χ1v) is 3.93. The molecule has 0 atom stereocenters. The summed E-state index contributed by atoms with van der Waals surface area (Å²) in [6, 6.07) is 1.64. The third-order valence-corrected chi connectivity index (χ3v) is 1.97. The van der Waals surface area contributed by atoms with E-state index in [0.29, 0.717) is 6.07 Å². The molecule has 0 radical (unpaired) electrons. The molecule has 0 aliphatic rings. The minimum Gasteiger partial charge on any atom is -0.399 e. The molecule has 6 heteroatoms. The van der Waals surface area contributed by atoms with E-state index in [4.69, 9.17) is 5.73 Å². The summed E-state index contributed by atoms with van der Waals surface area (Å²) in [6.45, 7) is 0. The van der Waals surface area contributed by atoms with Crippen molar-refractivity contribution in [2.75, 3.05) is 5.73 Å². The van der Waals surface area contributed by atoms with Gasteiger partial charge < -0.3 is 5.73 Å². The highest BCUT2D eigenvalue weighted by molar-refractivity contribution is 9.10. The second-order valence-electron chi connectivity index (χ2n) is 2.36. The molecule has 0 spiro atoms. The first kappa shape index (κ1) is 10.3. The fraction of sp³-hybridized carbons (Fsp3) is 0.143. The summed E-state index contributed by atoms with van der Waals surface area (Å²) < 4.78 is 48.8. The third-order valence-electron chi connectivity index (χ3n) is 1.35. The van der Waals surface area contributed by atoms with Gasteiger partial charge in [0.1, 0.15) is 11.4 Å². The minimum atomic E-state index is -4.71. The number of rotatable bonds is 0. The summed E-state index contributed by atoms with van der Waals surface area (Å²) in [5.74, 6) is -1.38. The molecule has 0 saturated carbocycles. The molecule has 0 aliphatic heterocycles. The SMILES string of the molecule is Nc1cc(F)c(C(F)(F)F)c(Br)c1. The van der Waals surface area contributed by atoms with Crippen LogP contribution in [0.4, 0.5) is 23.2 Å². The van der Waals surface area contributed by atoms with Crippen molar-refractivity contribution in [2.24, 2.45) is 0 Å². The quantitative estimate of drug-likeness (QED) is 0.561. The van der Waals surface area contributed by atoms with Gasteiger partial charge in [-0.15, -0.1) is 0 Å². The zero-order chi connectivity index (χ0) is 10.2. The van der Waals surface area contributed by atoms with E-state index in [-0.39, 0.29) is 5.69 Å². The van der Waals surface area contributed by atoms with Gasteiger partial charge in [0.15, 0.2) is 0 Å². The fourth-order valence-corrected chi connectivity index (χ4v) is 1.54. The largest absolute Gasteiger partial charge is 0.420 e. The molecular weight excluding hydrogens is 254 g/mol. The second kappa shape index (κ2) is 3.17. The molecule has 1 nitrogen and oxygen atoms in total. The van der Waals surface area contributed by atoms with E-state index in [1.807, 2.05) is 0 Å². The Hall–Kier alpha value is -0.780. The first-order valence-electron chi connectivity index (χ1n) is 3.14. The maximum absolute atomic E-state index is 12.8. The number of hydrogen-bond acceptors (Lipinski definition) is 1. The van der Waals surface area contributed by atoms with Crippen LogP contribution in [-0.4, -0.2) is 0 Å². The van der Waals surface area contributed by atoms with Gasteiger partial charge in [-0.25, -0.2) is 4.39 Å². The van der Waals surface area contributed by atoms with Crippen molar-refractivity contribution in [3.8, 4) is 0 Å². The van der Waals surface area contributed by atoms with E-state index in [1.165, 1.54) is 0 Å². The van der Waals surface area contributed by atoms with Crippen molar-refractivity contribution in [3.63, 3.8) is 0 Å². The van der Waals surface area contributed by atoms with Crippen molar-refractivity contribution < 1.29 is 17.6 Å². The first-order chi connectivity index (χ1) is 5.82. The normalized spacial score (nSPS) is 11.8. The molecule has 0 aromatic heterocycles. The van der Waals surface area contributed by atoms with Crippen LogP contribution >= 0.6 is 15.9 Å². The number of benzene rings is 1. The van der Waals surface area contributed by atoms with Crippen molar-refractivity contribution in [1.29, 1.82) is 0 Å². The molecule has 1 aromatic rings. The standard InChI is InChI=1S/C7H4BrF4N/c8-4-1-3(13)2-5(9)6(4)7(10,11)12/h1-2H,13H2. The molecule has 1 aromatic carbocycles. The zero-order valence-electron chi connectivity index (χ0n) is 6.12. The van der Waals surface area contributed by atoms with Gasteiger partial charge in [-0.05, 0) is 28.1 Å². The Labute approximate surface area is 79.7 Å². The minimum absolute atomic E-state index is 0.0580. The van der Waals surface area contributed by atoms with Crippen LogP contribution in [0.3, 0.4) is 0 Å². The smallest absolute Gasteiger partial charge is 0.399 e. The van der Waals surface area contributed by atoms with Crippen LogP contribution in [0.5, 0.6) is 0 Å². The van der Waals surface area contributed by atoms with Gasteiger partial charge >= 0.3 is 6.18 Å². The summed E-state index contributed by atoms with van der Waals surface area (Å²) in [5.41, 5.74) is 3.74. The van der Waals surface area contributed by atoms with E-state index < -0.39 is 22.0 Å². The molecule has 13 heavy (non-hydrogen) atoms. The van der Waals surface area contributed by atoms with Gasteiger partial charge in [-0.2, -0.15) is 13.2 Å². The maximum Gasteiger partial charge on any atom is 0.420 e.